The van der Waals surface area contributed by atoms with Crippen LogP contribution in [0, 0.1) is 6.92 Å². The number of phenols is 1. The Morgan fingerprint density at radius 3 is 2.68 bits per heavy atom. The molecule has 4 aromatic rings. The monoisotopic (exact) mass is 350 g/mol. The molecule has 0 saturated carbocycles. The summed E-state index contributed by atoms with van der Waals surface area (Å²) in [7, 11) is 0. The number of benzene rings is 2. The molecule has 0 unspecified atom stereocenters. The van der Waals surface area contributed by atoms with Crippen LogP contribution in [0.1, 0.15) is 5.69 Å². The van der Waals surface area contributed by atoms with Gasteiger partial charge in [-0.1, -0.05) is 35.9 Å². The summed E-state index contributed by atoms with van der Waals surface area (Å²) in [4.78, 5) is 12.5. The van der Waals surface area contributed by atoms with Gasteiger partial charge in [0, 0.05) is 16.3 Å². The fourth-order valence-corrected chi connectivity index (χ4v) is 2.89. The summed E-state index contributed by atoms with van der Waals surface area (Å²) < 4.78 is 0. The molecule has 6 heteroatoms. The zero-order chi connectivity index (χ0) is 17.4. The first kappa shape index (κ1) is 15.5. The first-order valence-corrected chi connectivity index (χ1v) is 8.16. The van der Waals surface area contributed by atoms with Crippen molar-refractivity contribution in [3.8, 4) is 17.1 Å². The number of hydrogen-bond donors (Lipinski definition) is 3. The van der Waals surface area contributed by atoms with Crippen LogP contribution in [0.4, 0.5) is 11.5 Å². The number of aromatic nitrogens is 3. The average Bonchev–Trinajstić information content (AvgIpc) is 2.97. The van der Waals surface area contributed by atoms with Crippen LogP contribution in [0.2, 0.25) is 5.02 Å². The molecule has 5 nitrogen and oxygen atoms in total. The van der Waals surface area contributed by atoms with Gasteiger partial charge in [0.1, 0.15) is 17.2 Å². The van der Waals surface area contributed by atoms with E-state index in [1.165, 1.54) is 0 Å². The second kappa shape index (κ2) is 6.11. The molecule has 0 fully saturated rings. The molecular weight excluding hydrogens is 336 g/mol. The molecule has 0 atom stereocenters. The first-order chi connectivity index (χ1) is 12.1. The summed E-state index contributed by atoms with van der Waals surface area (Å²) in [6.07, 6.45) is 0. The summed E-state index contributed by atoms with van der Waals surface area (Å²) >= 11 is 6.10. The van der Waals surface area contributed by atoms with Crippen molar-refractivity contribution in [1.82, 2.24) is 15.0 Å². The summed E-state index contributed by atoms with van der Waals surface area (Å²) in [6.45, 7) is 1.96. The van der Waals surface area contributed by atoms with Gasteiger partial charge in [0.25, 0.3) is 0 Å². The third-order valence-corrected chi connectivity index (χ3v) is 4.10. The van der Waals surface area contributed by atoms with Crippen LogP contribution in [0.15, 0.2) is 54.6 Å². The standard InChI is InChI=1S/C19H15ClN4O/c1-11-9-14-18(21-11)23-17(12-5-4-6-13(20)10-12)24-19(14)22-15-7-2-3-8-16(15)25/h2-10,25H,1H3,(H2,21,22,23,24). The van der Waals surface area contributed by atoms with Crippen molar-refractivity contribution in [1.29, 1.82) is 0 Å². The van der Waals surface area contributed by atoms with Crippen LogP contribution >= 0.6 is 11.6 Å². The van der Waals surface area contributed by atoms with Gasteiger partial charge in [-0.25, -0.2) is 9.97 Å². The molecule has 4 rings (SSSR count). The highest BCUT2D eigenvalue weighted by Gasteiger charge is 2.13. The summed E-state index contributed by atoms with van der Waals surface area (Å²) in [5.41, 5.74) is 3.11. The minimum absolute atomic E-state index is 0.158. The Labute approximate surface area is 149 Å². The van der Waals surface area contributed by atoms with E-state index >= 15 is 0 Å². The number of para-hydroxylation sites is 2. The van der Waals surface area contributed by atoms with Gasteiger partial charge in [0.2, 0.25) is 0 Å². The van der Waals surface area contributed by atoms with Crippen molar-refractivity contribution >= 4 is 34.1 Å². The number of anilines is 2. The maximum Gasteiger partial charge on any atom is 0.163 e. The molecule has 0 aliphatic rings. The molecule has 3 N–H and O–H groups in total. The lowest BCUT2D eigenvalue weighted by molar-refractivity contribution is 0.478. The average molecular weight is 351 g/mol. The molecule has 124 valence electrons. The number of phenolic OH excluding ortho intramolecular Hbond substituents is 1. The number of rotatable bonds is 3. The van der Waals surface area contributed by atoms with E-state index in [2.05, 4.69) is 20.3 Å². The minimum Gasteiger partial charge on any atom is -0.506 e. The molecular formula is C19H15ClN4O. The van der Waals surface area contributed by atoms with Crippen LogP contribution in [-0.4, -0.2) is 20.1 Å². The minimum atomic E-state index is 0.158. The van der Waals surface area contributed by atoms with Crippen LogP contribution in [-0.2, 0) is 0 Å². The smallest absolute Gasteiger partial charge is 0.163 e. The Morgan fingerprint density at radius 2 is 1.88 bits per heavy atom. The number of halogens is 1. The van der Waals surface area contributed by atoms with E-state index in [9.17, 15) is 5.11 Å². The summed E-state index contributed by atoms with van der Waals surface area (Å²) in [5.74, 6) is 1.33. The van der Waals surface area contributed by atoms with Crippen LogP contribution < -0.4 is 5.32 Å². The van der Waals surface area contributed by atoms with Crippen LogP contribution in [0.25, 0.3) is 22.4 Å². The fraction of sp³-hybridized carbons (Fsp3) is 0.0526. The van der Waals surface area contributed by atoms with Gasteiger partial charge in [-0.05, 0) is 37.3 Å². The Morgan fingerprint density at radius 1 is 1.04 bits per heavy atom. The van der Waals surface area contributed by atoms with Crippen LogP contribution in [0.5, 0.6) is 5.75 Å². The molecule has 0 saturated heterocycles. The molecule has 0 aliphatic carbocycles. The second-order valence-electron chi connectivity index (χ2n) is 5.76. The molecule has 2 heterocycles. The Kier molecular flexibility index (Phi) is 3.78. The van der Waals surface area contributed by atoms with Gasteiger partial charge in [-0.2, -0.15) is 0 Å². The quantitative estimate of drug-likeness (QED) is 0.453. The number of nitrogens with zero attached hydrogens (tertiary/aromatic N) is 2. The second-order valence-corrected chi connectivity index (χ2v) is 6.20. The largest absolute Gasteiger partial charge is 0.506 e. The highest BCUT2D eigenvalue weighted by atomic mass is 35.5. The number of H-pyrrole nitrogens is 1. The van der Waals surface area contributed by atoms with Crippen molar-refractivity contribution in [3.05, 3.63) is 65.3 Å². The molecule has 0 radical (unpaired) electrons. The van der Waals surface area contributed by atoms with E-state index in [0.717, 1.165) is 22.3 Å². The number of aromatic amines is 1. The van der Waals surface area contributed by atoms with Gasteiger partial charge < -0.3 is 15.4 Å². The SMILES string of the molecule is Cc1cc2c(Nc3ccccc3O)nc(-c3cccc(Cl)c3)nc2[nH]1. The lowest BCUT2D eigenvalue weighted by Crippen LogP contribution is -1.99. The van der Waals surface area contributed by atoms with E-state index in [1.54, 1.807) is 18.2 Å². The number of hydrogen-bond acceptors (Lipinski definition) is 4. The highest BCUT2D eigenvalue weighted by molar-refractivity contribution is 6.30. The van der Waals surface area contributed by atoms with Crippen molar-refractivity contribution in [3.63, 3.8) is 0 Å². The topological polar surface area (TPSA) is 73.8 Å². The molecule has 0 bridgehead atoms. The fourth-order valence-electron chi connectivity index (χ4n) is 2.70. The summed E-state index contributed by atoms with van der Waals surface area (Å²) in [6, 6.07) is 16.4. The predicted octanol–water partition coefficient (Wildman–Crippen LogP) is 5.04. The number of fused-ring (bicyclic) bond motifs is 1. The Balaban J connectivity index is 1.88. The molecule has 2 aromatic heterocycles. The van der Waals surface area contributed by atoms with E-state index < -0.39 is 0 Å². The van der Waals surface area contributed by atoms with E-state index in [-0.39, 0.29) is 5.75 Å². The molecule has 25 heavy (non-hydrogen) atoms. The van der Waals surface area contributed by atoms with Gasteiger partial charge >= 0.3 is 0 Å². The van der Waals surface area contributed by atoms with Gasteiger partial charge in [-0.15, -0.1) is 0 Å². The normalized spacial score (nSPS) is 11.0. The highest BCUT2D eigenvalue weighted by Crippen LogP contribution is 2.31. The van der Waals surface area contributed by atoms with E-state index in [4.69, 9.17) is 11.6 Å². The van der Waals surface area contributed by atoms with Gasteiger partial charge in [-0.3, -0.25) is 0 Å². The first-order valence-electron chi connectivity index (χ1n) is 7.78. The zero-order valence-electron chi connectivity index (χ0n) is 13.4. The number of aryl methyl sites for hydroxylation is 1. The van der Waals surface area contributed by atoms with Gasteiger partial charge in [0.05, 0.1) is 11.1 Å². The lowest BCUT2D eigenvalue weighted by atomic mass is 10.2. The Hall–Kier alpha value is -3.05. The molecule has 0 amide bonds. The molecule has 0 spiro atoms. The maximum atomic E-state index is 10.0. The van der Waals surface area contributed by atoms with Crippen molar-refractivity contribution in [2.75, 3.05) is 5.32 Å². The third-order valence-electron chi connectivity index (χ3n) is 3.86. The Bertz CT molecular complexity index is 1070. The third kappa shape index (κ3) is 3.02. The van der Waals surface area contributed by atoms with Crippen molar-refractivity contribution in [2.45, 2.75) is 6.92 Å². The maximum absolute atomic E-state index is 10.0. The summed E-state index contributed by atoms with van der Waals surface area (Å²) in [5, 5.41) is 14.7. The van der Waals surface area contributed by atoms with Crippen molar-refractivity contribution in [2.24, 2.45) is 0 Å². The van der Waals surface area contributed by atoms with E-state index in [0.29, 0.717) is 22.4 Å². The molecule has 2 aromatic carbocycles. The number of nitrogens with one attached hydrogen (secondary N) is 2. The van der Waals surface area contributed by atoms with Crippen LogP contribution in [0.3, 0.4) is 0 Å². The zero-order valence-corrected chi connectivity index (χ0v) is 14.2. The van der Waals surface area contributed by atoms with E-state index in [1.807, 2.05) is 43.3 Å². The number of aromatic hydroxyl groups is 1. The lowest BCUT2D eigenvalue weighted by Gasteiger charge is -2.10. The predicted molar refractivity (Wildman–Crippen MR) is 100 cm³/mol. The van der Waals surface area contributed by atoms with Crippen molar-refractivity contribution < 1.29 is 5.11 Å². The van der Waals surface area contributed by atoms with Gasteiger partial charge in [0.15, 0.2) is 5.82 Å². The molecule has 0 aliphatic heterocycles.